The third-order valence-corrected chi connectivity index (χ3v) is 3.27. The third-order valence-electron chi connectivity index (χ3n) is 2.98. The number of rotatable bonds is 6. The summed E-state index contributed by atoms with van der Waals surface area (Å²) in [4.78, 5) is 0. The van der Waals surface area contributed by atoms with E-state index in [0.717, 1.165) is 13.0 Å². The Morgan fingerprint density at radius 1 is 1.44 bits per heavy atom. The van der Waals surface area contributed by atoms with Crippen molar-refractivity contribution in [3.05, 3.63) is 29.0 Å². The van der Waals surface area contributed by atoms with Crippen LogP contribution in [0.1, 0.15) is 34.1 Å². The van der Waals surface area contributed by atoms with Crippen LogP contribution >= 0.6 is 11.6 Å². The molecule has 0 bridgehead atoms. The topological polar surface area (TPSA) is 21.3 Å². The molecule has 0 fully saturated rings. The van der Waals surface area contributed by atoms with Gasteiger partial charge in [-0.25, -0.2) is 4.39 Å². The van der Waals surface area contributed by atoms with Gasteiger partial charge < -0.3 is 10.1 Å². The van der Waals surface area contributed by atoms with Crippen LogP contribution in [0.3, 0.4) is 0 Å². The highest BCUT2D eigenvalue weighted by Gasteiger charge is 2.15. The molecule has 102 valence electrons. The minimum Gasteiger partial charge on any atom is -0.489 e. The van der Waals surface area contributed by atoms with Crippen LogP contribution in [-0.2, 0) is 0 Å². The molecule has 4 heteroatoms. The lowest BCUT2D eigenvalue weighted by molar-refractivity contribution is 0.198. The standard InChI is InChI=1S/C14H21ClFNO/c1-5-14(3,4)17-9-10(2)18-11-6-7-13(16)12(15)8-11/h6-8,10,17H,5,9H2,1-4H3. The van der Waals surface area contributed by atoms with Crippen molar-refractivity contribution >= 4 is 11.6 Å². The van der Waals surface area contributed by atoms with E-state index in [4.69, 9.17) is 16.3 Å². The van der Waals surface area contributed by atoms with E-state index >= 15 is 0 Å². The zero-order chi connectivity index (χ0) is 13.8. The van der Waals surface area contributed by atoms with Gasteiger partial charge in [0.25, 0.3) is 0 Å². The summed E-state index contributed by atoms with van der Waals surface area (Å²) < 4.78 is 18.7. The maximum Gasteiger partial charge on any atom is 0.142 e. The van der Waals surface area contributed by atoms with Crippen molar-refractivity contribution in [1.82, 2.24) is 5.32 Å². The Labute approximate surface area is 113 Å². The summed E-state index contributed by atoms with van der Waals surface area (Å²) in [5.41, 5.74) is 0.0953. The average Bonchev–Trinajstić information content (AvgIpc) is 2.32. The molecule has 1 atom stereocenters. The molecule has 0 aliphatic heterocycles. The number of nitrogens with one attached hydrogen (secondary N) is 1. The quantitative estimate of drug-likeness (QED) is 0.845. The van der Waals surface area contributed by atoms with E-state index in [-0.39, 0.29) is 16.7 Å². The lowest BCUT2D eigenvalue weighted by Gasteiger charge is -2.27. The van der Waals surface area contributed by atoms with Crippen LogP contribution in [-0.4, -0.2) is 18.2 Å². The Morgan fingerprint density at radius 2 is 2.11 bits per heavy atom. The molecule has 1 N–H and O–H groups in total. The van der Waals surface area contributed by atoms with Crippen molar-refractivity contribution in [2.45, 2.75) is 45.8 Å². The zero-order valence-electron chi connectivity index (χ0n) is 11.4. The first-order valence-corrected chi connectivity index (χ1v) is 6.58. The van der Waals surface area contributed by atoms with Gasteiger partial charge in [-0.2, -0.15) is 0 Å². The minimum atomic E-state index is -0.429. The molecule has 1 aromatic carbocycles. The monoisotopic (exact) mass is 273 g/mol. The fourth-order valence-electron chi connectivity index (χ4n) is 1.37. The highest BCUT2D eigenvalue weighted by Crippen LogP contribution is 2.22. The molecule has 0 saturated carbocycles. The summed E-state index contributed by atoms with van der Waals surface area (Å²) in [7, 11) is 0. The summed E-state index contributed by atoms with van der Waals surface area (Å²) in [6.45, 7) is 9.13. The van der Waals surface area contributed by atoms with Crippen molar-refractivity contribution in [3.8, 4) is 5.75 Å². The Balaban J connectivity index is 2.49. The van der Waals surface area contributed by atoms with Crippen molar-refractivity contribution in [1.29, 1.82) is 0 Å². The molecule has 0 radical (unpaired) electrons. The van der Waals surface area contributed by atoms with Gasteiger partial charge in [-0.3, -0.25) is 0 Å². The normalized spacial score (nSPS) is 13.4. The summed E-state index contributed by atoms with van der Waals surface area (Å²) >= 11 is 5.70. The number of halogens is 2. The van der Waals surface area contributed by atoms with Crippen molar-refractivity contribution in [2.24, 2.45) is 0 Å². The van der Waals surface area contributed by atoms with Crippen LogP contribution in [0.2, 0.25) is 5.02 Å². The second-order valence-corrected chi connectivity index (χ2v) is 5.53. The molecule has 18 heavy (non-hydrogen) atoms. The number of benzene rings is 1. The van der Waals surface area contributed by atoms with Crippen molar-refractivity contribution in [2.75, 3.05) is 6.54 Å². The van der Waals surface area contributed by atoms with Gasteiger partial charge >= 0.3 is 0 Å². The SMILES string of the molecule is CCC(C)(C)NCC(C)Oc1ccc(F)c(Cl)c1. The van der Waals surface area contributed by atoms with Crippen LogP contribution in [0.4, 0.5) is 4.39 Å². The molecule has 0 amide bonds. The van der Waals surface area contributed by atoms with Crippen LogP contribution < -0.4 is 10.1 Å². The Hall–Kier alpha value is -0.800. The van der Waals surface area contributed by atoms with Gasteiger partial charge in [0.1, 0.15) is 17.7 Å². The Morgan fingerprint density at radius 3 is 2.67 bits per heavy atom. The molecule has 0 aliphatic rings. The van der Waals surface area contributed by atoms with E-state index in [9.17, 15) is 4.39 Å². The maximum absolute atomic E-state index is 13.0. The zero-order valence-corrected chi connectivity index (χ0v) is 12.1. The molecule has 1 aromatic rings. The summed E-state index contributed by atoms with van der Waals surface area (Å²) in [6, 6.07) is 4.40. The van der Waals surface area contributed by atoms with Crippen LogP contribution in [0, 0.1) is 5.82 Å². The molecule has 0 heterocycles. The number of hydrogen-bond donors (Lipinski definition) is 1. The highest BCUT2D eigenvalue weighted by atomic mass is 35.5. The summed E-state index contributed by atoms with van der Waals surface area (Å²) in [5, 5.41) is 3.51. The largest absolute Gasteiger partial charge is 0.489 e. The molecule has 0 saturated heterocycles. The molecule has 0 spiro atoms. The van der Waals surface area contributed by atoms with E-state index < -0.39 is 5.82 Å². The van der Waals surface area contributed by atoms with Gasteiger partial charge in [0.2, 0.25) is 0 Å². The minimum absolute atomic E-state index is 0.00245. The van der Waals surface area contributed by atoms with E-state index in [1.165, 1.54) is 12.1 Å². The molecule has 1 unspecified atom stereocenters. The molecule has 0 aliphatic carbocycles. The lowest BCUT2D eigenvalue weighted by Crippen LogP contribution is -2.43. The van der Waals surface area contributed by atoms with Gasteiger partial charge in [-0.1, -0.05) is 18.5 Å². The molecule has 1 rings (SSSR count). The fourth-order valence-corrected chi connectivity index (χ4v) is 1.54. The van der Waals surface area contributed by atoms with Gasteiger partial charge in [-0.15, -0.1) is 0 Å². The summed E-state index contributed by atoms with van der Waals surface area (Å²) in [5.74, 6) is 0.159. The molecular formula is C14H21ClFNO. The van der Waals surface area contributed by atoms with E-state index in [1.807, 2.05) is 6.92 Å². The number of hydrogen-bond acceptors (Lipinski definition) is 2. The molecular weight excluding hydrogens is 253 g/mol. The van der Waals surface area contributed by atoms with Crippen LogP contribution in [0.25, 0.3) is 0 Å². The second-order valence-electron chi connectivity index (χ2n) is 5.12. The van der Waals surface area contributed by atoms with E-state index in [2.05, 4.69) is 26.1 Å². The predicted molar refractivity (Wildman–Crippen MR) is 73.9 cm³/mol. The van der Waals surface area contributed by atoms with Crippen molar-refractivity contribution in [3.63, 3.8) is 0 Å². The highest BCUT2D eigenvalue weighted by molar-refractivity contribution is 6.30. The van der Waals surface area contributed by atoms with E-state index in [0.29, 0.717) is 5.75 Å². The van der Waals surface area contributed by atoms with Gasteiger partial charge in [0.15, 0.2) is 0 Å². The molecule has 2 nitrogen and oxygen atoms in total. The lowest BCUT2D eigenvalue weighted by atomic mass is 10.0. The average molecular weight is 274 g/mol. The first-order valence-electron chi connectivity index (χ1n) is 6.21. The third kappa shape index (κ3) is 4.83. The van der Waals surface area contributed by atoms with Crippen molar-refractivity contribution < 1.29 is 9.13 Å². The van der Waals surface area contributed by atoms with E-state index in [1.54, 1.807) is 6.07 Å². The number of ether oxygens (including phenoxy) is 1. The predicted octanol–water partition coefficient (Wildman–Crippen LogP) is 4.02. The second kappa shape index (κ2) is 6.39. The molecule has 0 aromatic heterocycles. The smallest absolute Gasteiger partial charge is 0.142 e. The Kier molecular flexibility index (Phi) is 5.42. The van der Waals surface area contributed by atoms with Gasteiger partial charge in [0, 0.05) is 18.2 Å². The summed E-state index contributed by atoms with van der Waals surface area (Å²) in [6.07, 6.45) is 1.04. The Bertz CT molecular complexity index is 395. The fraction of sp³-hybridized carbons (Fsp3) is 0.571. The maximum atomic E-state index is 13.0. The van der Waals surface area contributed by atoms with Gasteiger partial charge in [-0.05, 0) is 39.3 Å². The van der Waals surface area contributed by atoms with Gasteiger partial charge in [0.05, 0.1) is 5.02 Å². The van der Waals surface area contributed by atoms with Crippen LogP contribution in [0.15, 0.2) is 18.2 Å². The van der Waals surface area contributed by atoms with Crippen LogP contribution in [0.5, 0.6) is 5.75 Å². The first-order chi connectivity index (χ1) is 8.34. The first kappa shape index (κ1) is 15.3.